The monoisotopic (exact) mass is 748 g/mol. The first-order chi connectivity index (χ1) is 25.0. The van der Waals surface area contributed by atoms with Crippen LogP contribution in [-0.4, -0.2) is 131 Å². The lowest BCUT2D eigenvalue weighted by Gasteiger charge is -2.47. The number of allylic oxidation sites excluding steroid dienone is 2. The highest BCUT2D eigenvalue weighted by atomic mass is 16.6. The summed E-state index contributed by atoms with van der Waals surface area (Å²) in [5.41, 5.74) is -1.34. The molecule has 0 aromatic heterocycles. The van der Waals surface area contributed by atoms with E-state index >= 15 is 0 Å². The number of aliphatic hydroxyl groups excluding tert-OH is 2. The van der Waals surface area contributed by atoms with Gasteiger partial charge in [0.15, 0.2) is 6.10 Å². The fraction of sp³-hybridized carbons (Fsp3) is 0.810. The number of hydrogen-bond acceptors (Lipinski definition) is 9. The minimum atomic E-state index is -1.14. The quantitative estimate of drug-likeness (QED) is 0.0594. The van der Waals surface area contributed by atoms with Gasteiger partial charge in [0, 0.05) is 25.4 Å². The van der Waals surface area contributed by atoms with Gasteiger partial charge in [-0.05, 0) is 77.4 Å². The predicted molar refractivity (Wildman–Crippen MR) is 205 cm³/mol. The summed E-state index contributed by atoms with van der Waals surface area (Å²) in [6.07, 6.45) is 14.9. The molecule has 1 amide bonds. The van der Waals surface area contributed by atoms with Crippen LogP contribution in [0.4, 0.5) is 4.79 Å². The van der Waals surface area contributed by atoms with Crippen molar-refractivity contribution in [3.63, 3.8) is 0 Å². The van der Waals surface area contributed by atoms with Gasteiger partial charge in [-0.1, -0.05) is 57.9 Å². The van der Waals surface area contributed by atoms with E-state index in [-0.39, 0.29) is 43.0 Å². The van der Waals surface area contributed by atoms with Gasteiger partial charge in [0.1, 0.15) is 11.7 Å². The van der Waals surface area contributed by atoms with Gasteiger partial charge in [0.2, 0.25) is 0 Å². The average molecular weight is 748 g/mol. The molecule has 11 nitrogen and oxygen atoms in total. The maximum atomic E-state index is 13.7. The largest absolute Gasteiger partial charge is 0.457 e. The molecule has 10 atom stereocenters. The first kappa shape index (κ1) is 43.4. The van der Waals surface area contributed by atoms with E-state index in [1.807, 2.05) is 57.7 Å². The first-order valence-electron chi connectivity index (χ1n) is 20.3. The molecule has 0 spiro atoms. The number of carbonyl (C=O) groups excluding carboxylic acids is 2. The summed E-state index contributed by atoms with van der Waals surface area (Å²) in [4.78, 5) is 28.6. The van der Waals surface area contributed by atoms with Crippen LogP contribution in [0.2, 0.25) is 0 Å². The Bertz CT molecular complexity index is 1280. The van der Waals surface area contributed by atoms with E-state index in [0.717, 1.165) is 23.1 Å². The van der Waals surface area contributed by atoms with Crippen molar-refractivity contribution < 1.29 is 48.3 Å². The van der Waals surface area contributed by atoms with Crippen molar-refractivity contribution in [1.82, 2.24) is 4.90 Å². The van der Waals surface area contributed by atoms with Crippen LogP contribution >= 0.6 is 0 Å². The van der Waals surface area contributed by atoms with Crippen molar-refractivity contribution >= 4 is 12.1 Å². The molecular weight excluding hydrogens is 676 g/mol. The molecular formula is C42H71N2O9+. The van der Waals surface area contributed by atoms with Gasteiger partial charge >= 0.3 is 12.1 Å². The summed E-state index contributed by atoms with van der Waals surface area (Å²) >= 11 is 0. The lowest BCUT2D eigenvalue weighted by molar-refractivity contribution is -0.937. The Morgan fingerprint density at radius 1 is 1.17 bits per heavy atom. The molecule has 3 N–H and O–H groups in total. The normalized spacial score (nSPS) is 35.2. The lowest BCUT2D eigenvalue weighted by Crippen LogP contribution is -2.62. The van der Waals surface area contributed by atoms with Gasteiger partial charge in [-0.2, -0.15) is 0 Å². The fourth-order valence-electron chi connectivity index (χ4n) is 8.54. The van der Waals surface area contributed by atoms with Crippen molar-refractivity contribution in [3.05, 3.63) is 36.0 Å². The molecule has 4 rings (SSSR count). The second kappa shape index (κ2) is 19.0. The Labute approximate surface area is 318 Å². The molecule has 11 heteroatoms. The molecule has 302 valence electrons. The van der Waals surface area contributed by atoms with Gasteiger partial charge in [0.05, 0.1) is 75.7 Å². The standard InChI is InChI=1S/C42H71N2O9/c1-9-34(46)31(4)39-35(51-39)28-41(5,49)21-14-15-29(2)38-30(3)18-19-36(42(6,50-8)22-20-33(45)27-37(47)53-38)52-40(48)43-23-25-44(7,26-24-43)32-16-12-10-11-13-17-32/h14-15,18-19,21,30-36,38-39,45-46,49H,9-13,16-17,20,22-28H2,1-8H3/q+1/b19-18+,21-14+,29-15+/t30-,31+,33+,34-,35+,36-,38+,39+,41-,42+/m0/s1. The maximum Gasteiger partial charge on any atom is 0.410 e. The Morgan fingerprint density at radius 3 is 2.45 bits per heavy atom. The SMILES string of the molecule is CC[C@H](O)[C@@H](C)[C@H]1O[C@@H]1C[C@@](C)(O)/C=C/C=C(\C)[C@H]1OC(=O)C[C@H](O)CC[C@@](C)(OC)[C@@H](OC(=O)N2CC[N+](C)(C3CCCCCC3)CC2)/C=C/[C@@H]1C. The van der Waals surface area contributed by atoms with Crippen molar-refractivity contribution in [3.8, 4) is 0 Å². The lowest BCUT2D eigenvalue weighted by atomic mass is 9.88. The number of carbonyl (C=O) groups is 2. The third-order valence-corrected chi connectivity index (χ3v) is 12.8. The van der Waals surface area contributed by atoms with E-state index in [1.54, 1.807) is 26.2 Å². The summed E-state index contributed by atoms with van der Waals surface area (Å²) < 4.78 is 25.0. The number of piperazine rings is 1. The van der Waals surface area contributed by atoms with Crippen LogP contribution in [0.3, 0.4) is 0 Å². The topological polar surface area (TPSA) is 138 Å². The van der Waals surface area contributed by atoms with Crippen LogP contribution in [0.25, 0.3) is 0 Å². The Balaban J connectivity index is 1.46. The zero-order chi connectivity index (χ0) is 39.0. The number of esters is 1. The van der Waals surface area contributed by atoms with E-state index in [0.29, 0.717) is 38.4 Å². The highest BCUT2D eigenvalue weighted by molar-refractivity contribution is 5.70. The van der Waals surface area contributed by atoms with Crippen LogP contribution < -0.4 is 0 Å². The number of quaternary nitrogens is 1. The summed E-state index contributed by atoms with van der Waals surface area (Å²) in [7, 11) is 3.93. The summed E-state index contributed by atoms with van der Waals surface area (Å²) in [6.45, 7) is 14.4. The van der Waals surface area contributed by atoms with Gasteiger partial charge in [-0.25, -0.2) is 4.79 Å². The highest BCUT2D eigenvalue weighted by Gasteiger charge is 2.47. The molecule has 0 aromatic rings. The third kappa shape index (κ3) is 12.1. The molecule has 3 fully saturated rings. The van der Waals surface area contributed by atoms with E-state index in [1.165, 1.54) is 38.5 Å². The number of likely N-dealkylation sites (N-methyl/N-ethyl adjacent to an activating group) is 1. The number of ether oxygens (including phenoxy) is 4. The van der Waals surface area contributed by atoms with Crippen LogP contribution in [0, 0.1) is 11.8 Å². The number of cyclic esters (lactones) is 1. The Morgan fingerprint density at radius 2 is 1.83 bits per heavy atom. The minimum Gasteiger partial charge on any atom is -0.457 e. The zero-order valence-electron chi connectivity index (χ0n) is 33.9. The summed E-state index contributed by atoms with van der Waals surface area (Å²) in [5, 5.41) is 32.2. The summed E-state index contributed by atoms with van der Waals surface area (Å²) in [6, 6.07) is 0.651. The smallest absolute Gasteiger partial charge is 0.410 e. The molecule has 3 heterocycles. The maximum absolute atomic E-state index is 13.7. The van der Waals surface area contributed by atoms with Gasteiger partial charge < -0.3 is 38.8 Å². The molecule has 1 aliphatic carbocycles. The zero-order valence-corrected chi connectivity index (χ0v) is 33.9. The number of hydrogen-bond donors (Lipinski definition) is 3. The first-order valence-corrected chi connectivity index (χ1v) is 20.3. The average Bonchev–Trinajstić information content (AvgIpc) is 3.93. The second-order valence-corrected chi connectivity index (χ2v) is 17.2. The van der Waals surface area contributed by atoms with Gasteiger partial charge in [0.25, 0.3) is 0 Å². The number of methoxy groups -OCH3 is 1. The number of nitrogens with zero attached hydrogens (tertiary/aromatic N) is 2. The van der Waals surface area contributed by atoms with Crippen LogP contribution in [-0.2, 0) is 23.7 Å². The molecule has 0 unspecified atom stereocenters. The minimum absolute atomic E-state index is 0.00303. The molecule has 3 aliphatic heterocycles. The van der Waals surface area contributed by atoms with Crippen molar-refractivity contribution in [2.75, 3.05) is 40.3 Å². The van der Waals surface area contributed by atoms with Gasteiger partial charge in [-0.3, -0.25) is 9.69 Å². The van der Waals surface area contributed by atoms with Gasteiger partial charge in [-0.15, -0.1) is 0 Å². The van der Waals surface area contributed by atoms with Crippen LogP contribution in [0.5, 0.6) is 0 Å². The predicted octanol–water partition coefficient (Wildman–Crippen LogP) is 5.85. The molecule has 0 aromatic carbocycles. The van der Waals surface area contributed by atoms with E-state index in [2.05, 4.69) is 7.05 Å². The molecule has 2 saturated heterocycles. The molecule has 1 saturated carbocycles. The van der Waals surface area contributed by atoms with Crippen LogP contribution in [0.1, 0.15) is 112 Å². The molecule has 53 heavy (non-hydrogen) atoms. The van der Waals surface area contributed by atoms with E-state index in [9.17, 15) is 24.9 Å². The molecule has 0 radical (unpaired) electrons. The Hall–Kier alpha value is -2.28. The van der Waals surface area contributed by atoms with Crippen LogP contribution in [0.15, 0.2) is 36.0 Å². The Kier molecular flexibility index (Phi) is 15.6. The van der Waals surface area contributed by atoms with E-state index < -0.39 is 41.6 Å². The third-order valence-electron chi connectivity index (χ3n) is 12.8. The number of amides is 1. The summed E-state index contributed by atoms with van der Waals surface area (Å²) in [5.74, 6) is -0.826. The number of epoxide rings is 1. The number of rotatable bonds is 11. The molecule has 4 aliphatic rings. The second-order valence-electron chi connectivity index (χ2n) is 17.2. The van der Waals surface area contributed by atoms with Crippen molar-refractivity contribution in [2.24, 2.45) is 11.8 Å². The molecule has 0 bridgehead atoms. The van der Waals surface area contributed by atoms with Crippen molar-refractivity contribution in [1.29, 1.82) is 0 Å². The number of aliphatic hydroxyl groups is 3. The highest BCUT2D eigenvalue weighted by Crippen LogP contribution is 2.38. The van der Waals surface area contributed by atoms with Crippen molar-refractivity contribution in [2.45, 2.75) is 166 Å². The van der Waals surface area contributed by atoms with E-state index in [4.69, 9.17) is 18.9 Å². The fourth-order valence-corrected chi connectivity index (χ4v) is 8.54.